The quantitative estimate of drug-likeness (QED) is 0.860. The van der Waals surface area contributed by atoms with Gasteiger partial charge >= 0.3 is 5.97 Å². The lowest BCUT2D eigenvalue weighted by atomic mass is 10.0. The maximum Gasteiger partial charge on any atom is 0.374 e. The highest BCUT2D eigenvalue weighted by Crippen LogP contribution is 2.25. The van der Waals surface area contributed by atoms with E-state index in [2.05, 4.69) is 9.97 Å². The van der Waals surface area contributed by atoms with Crippen molar-refractivity contribution in [2.75, 3.05) is 7.11 Å². The first-order valence-electron chi connectivity index (χ1n) is 7.70. The van der Waals surface area contributed by atoms with Gasteiger partial charge in [0.1, 0.15) is 0 Å². The zero-order chi connectivity index (χ0) is 19.2. The molecule has 25 heavy (non-hydrogen) atoms. The number of carboxylic acid groups (broad SMARTS) is 1. The van der Waals surface area contributed by atoms with E-state index in [1.165, 1.54) is 7.11 Å². The molecule has 3 N–H and O–H groups in total. The summed E-state index contributed by atoms with van der Waals surface area (Å²) in [5, 5.41) is 9.59. The monoisotopic (exact) mass is 365 g/mol. The highest BCUT2D eigenvalue weighted by molar-refractivity contribution is 6.31. The molecular weight excluding hydrogens is 342 g/mol. The van der Waals surface area contributed by atoms with Crippen LogP contribution in [0.1, 0.15) is 48.2 Å². The molecule has 0 atom stereocenters. The van der Waals surface area contributed by atoms with E-state index in [1.54, 1.807) is 13.0 Å². The van der Waals surface area contributed by atoms with Gasteiger partial charge in [-0.2, -0.15) is 4.98 Å². The number of halogens is 1. The van der Waals surface area contributed by atoms with Crippen LogP contribution in [0.2, 0.25) is 5.02 Å². The maximum atomic E-state index is 10.9. The molecule has 1 aromatic heterocycles. The van der Waals surface area contributed by atoms with Crippen LogP contribution in [0.5, 0.6) is 5.88 Å². The first kappa shape index (κ1) is 20.9. The molecule has 7 heteroatoms. The van der Waals surface area contributed by atoms with Gasteiger partial charge in [0.25, 0.3) is 0 Å². The van der Waals surface area contributed by atoms with Gasteiger partial charge in [-0.25, -0.2) is 9.78 Å². The molecule has 0 spiro atoms. The maximum absolute atomic E-state index is 10.9. The zero-order valence-electron chi connectivity index (χ0n) is 15.1. The minimum Gasteiger partial charge on any atom is -0.481 e. The first-order chi connectivity index (χ1) is 11.5. The average Bonchev–Trinajstić information content (AvgIpc) is 2.49. The molecule has 0 saturated heterocycles. The van der Waals surface area contributed by atoms with E-state index in [9.17, 15) is 4.79 Å². The second-order valence-electron chi connectivity index (χ2n) is 6.56. The number of aromatic nitrogens is 2. The number of aromatic carboxylic acids is 1. The van der Waals surface area contributed by atoms with Crippen molar-refractivity contribution in [3.05, 3.63) is 51.9 Å². The van der Waals surface area contributed by atoms with Crippen molar-refractivity contribution >= 4 is 17.6 Å². The number of carbonyl (C=O) groups is 1. The Labute approximate surface area is 153 Å². The summed E-state index contributed by atoms with van der Waals surface area (Å²) in [5.74, 6) is -1.20. The van der Waals surface area contributed by atoms with Crippen LogP contribution in [0.25, 0.3) is 0 Å². The minimum absolute atomic E-state index is 0. The smallest absolute Gasteiger partial charge is 0.374 e. The zero-order valence-corrected chi connectivity index (χ0v) is 15.9. The number of ether oxygens (including phenoxy) is 1. The Morgan fingerprint density at radius 1 is 1.28 bits per heavy atom. The number of hydrogen-bond acceptors (Lipinski definition) is 5. The van der Waals surface area contributed by atoms with Crippen molar-refractivity contribution in [3.63, 3.8) is 0 Å². The van der Waals surface area contributed by atoms with Gasteiger partial charge in [-0.1, -0.05) is 29.8 Å². The molecule has 0 saturated carbocycles. The molecule has 0 bridgehead atoms. The first-order valence-corrected chi connectivity index (χ1v) is 8.07. The average molecular weight is 366 g/mol. The molecule has 0 aliphatic carbocycles. The Bertz CT molecular complexity index is 737. The third kappa shape index (κ3) is 7.07. The summed E-state index contributed by atoms with van der Waals surface area (Å²) < 4.78 is 5.17. The summed E-state index contributed by atoms with van der Waals surface area (Å²) in [6, 6.07) is 7.42. The standard InChI is InChI=1S/C14H13ClN2O3.C4H11N/c1-8-10(7-9-5-3-4-6-11(9)15)13(20-2)17-12(16-8)14(18)19;1-4(2,3)5/h3-6H,7H2,1-2H3,(H,18,19);5H2,1-3H3. The topological polar surface area (TPSA) is 98.3 Å². The van der Waals surface area contributed by atoms with E-state index in [-0.39, 0.29) is 17.2 Å². The van der Waals surface area contributed by atoms with E-state index in [1.807, 2.05) is 39.0 Å². The molecule has 1 aromatic carbocycles. The predicted octanol–water partition coefficient (Wildman–Crippen LogP) is 3.48. The summed E-state index contributed by atoms with van der Waals surface area (Å²) in [6.45, 7) is 7.62. The Morgan fingerprint density at radius 3 is 2.32 bits per heavy atom. The van der Waals surface area contributed by atoms with E-state index in [0.717, 1.165) is 11.1 Å². The van der Waals surface area contributed by atoms with Crippen LogP contribution in [0.15, 0.2) is 24.3 Å². The molecule has 0 unspecified atom stereocenters. The SMILES string of the molecule is CC(C)(C)N.COc1nc(C(=O)O)nc(C)c1Cc1ccccc1Cl. The van der Waals surface area contributed by atoms with E-state index < -0.39 is 5.97 Å². The van der Waals surface area contributed by atoms with Crippen LogP contribution >= 0.6 is 11.6 Å². The Kier molecular flexibility index (Phi) is 7.33. The van der Waals surface area contributed by atoms with Crippen molar-refractivity contribution < 1.29 is 14.6 Å². The lowest BCUT2D eigenvalue weighted by Crippen LogP contribution is -2.26. The van der Waals surface area contributed by atoms with Crippen molar-refractivity contribution in [2.45, 2.75) is 39.7 Å². The van der Waals surface area contributed by atoms with Gasteiger partial charge in [-0.3, -0.25) is 0 Å². The van der Waals surface area contributed by atoms with Crippen LogP contribution in [0, 0.1) is 6.92 Å². The van der Waals surface area contributed by atoms with Crippen LogP contribution < -0.4 is 10.5 Å². The van der Waals surface area contributed by atoms with Crippen LogP contribution in [-0.2, 0) is 6.42 Å². The van der Waals surface area contributed by atoms with Crippen molar-refractivity contribution in [3.8, 4) is 5.88 Å². The fourth-order valence-corrected chi connectivity index (χ4v) is 2.07. The molecule has 2 aromatic rings. The molecule has 1 heterocycles. The fraction of sp³-hybridized carbons (Fsp3) is 0.389. The summed E-state index contributed by atoms with van der Waals surface area (Å²) >= 11 is 6.13. The van der Waals surface area contributed by atoms with Gasteiger partial charge in [0.15, 0.2) is 0 Å². The third-order valence-corrected chi connectivity index (χ3v) is 3.25. The third-order valence-electron chi connectivity index (χ3n) is 2.89. The molecule has 2 rings (SSSR count). The lowest BCUT2D eigenvalue weighted by molar-refractivity contribution is 0.0682. The highest BCUT2D eigenvalue weighted by Gasteiger charge is 2.17. The molecule has 0 aliphatic rings. The van der Waals surface area contributed by atoms with Gasteiger partial charge in [0.2, 0.25) is 11.7 Å². The number of nitrogens with zero attached hydrogens (tertiary/aromatic N) is 2. The summed E-state index contributed by atoms with van der Waals surface area (Å²) in [5.41, 5.74) is 7.55. The number of methoxy groups -OCH3 is 1. The number of nitrogens with two attached hydrogens (primary N) is 1. The molecule has 0 fully saturated rings. The normalized spacial score (nSPS) is 10.7. The van der Waals surface area contributed by atoms with E-state index >= 15 is 0 Å². The molecule has 0 amide bonds. The Morgan fingerprint density at radius 2 is 1.84 bits per heavy atom. The minimum atomic E-state index is -1.18. The Hall–Kier alpha value is -2.18. The summed E-state index contributed by atoms with van der Waals surface area (Å²) in [7, 11) is 1.45. The highest BCUT2D eigenvalue weighted by atomic mass is 35.5. The van der Waals surface area contributed by atoms with E-state index in [0.29, 0.717) is 17.1 Å². The molecule has 0 radical (unpaired) electrons. The molecule has 0 aliphatic heterocycles. The van der Waals surface area contributed by atoms with Crippen LogP contribution in [0.4, 0.5) is 0 Å². The van der Waals surface area contributed by atoms with Gasteiger partial charge in [-0.15, -0.1) is 0 Å². The summed E-state index contributed by atoms with van der Waals surface area (Å²) in [6.07, 6.45) is 0.481. The van der Waals surface area contributed by atoms with Gasteiger partial charge < -0.3 is 15.6 Å². The largest absolute Gasteiger partial charge is 0.481 e. The number of rotatable bonds is 4. The van der Waals surface area contributed by atoms with Gasteiger partial charge in [-0.05, 0) is 39.3 Å². The van der Waals surface area contributed by atoms with Gasteiger partial charge in [0, 0.05) is 28.2 Å². The summed E-state index contributed by atoms with van der Waals surface area (Å²) in [4.78, 5) is 18.8. The number of hydrogen-bond donors (Lipinski definition) is 2. The predicted molar refractivity (Wildman–Crippen MR) is 98.5 cm³/mol. The lowest BCUT2D eigenvalue weighted by Gasteiger charge is -2.11. The Balaban J connectivity index is 0.000000550. The van der Waals surface area contributed by atoms with Crippen molar-refractivity contribution in [1.82, 2.24) is 9.97 Å². The second-order valence-corrected chi connectivity index (χ2v) is 6.97. The number of benzene rings is 1. The molecule has 6 nitrogen and oxygen atoms in total. The van der Waals surface area contributed by atoms with Crippen LogP contribution in [-0.4, -0.2) is 33.7 Å². The fourth-order valence-electron chi connectivity index (χ4n) is 1.87. The van der Waals surface area contributed by atoms with Crippen LogP contribution in [0.3, 0.4) is 0 Å². The number of aryl methyl sites for hydroxylation is 1. The number of carboxylic acids is 1. The van der Waals surface area contributed by atoms with Gasteiger partial charge in [0.05, 0.1) is 7.11 Å². The second kappa shape index (κ2) is 8.78. The molecule has 136 valence electrons. The van der Waals surface area contributed by atoms with E-state index in [4.69, 9.17) is 27.2 Å². The van der Waals surface area contributed by atoms with Crippen molar-refractivity contribution in [2.24, 2.45) is 5.73 Å². The molecular formula is C18H24ClN3O3. The van der Waals surface area contributed by atoms with Crippen molar-refractivity contribution in [1.29, 1.82) is 0 Å².